The van der Waals surface area contributed by atoms with Gasteiger partial charge in [-0.1, -0.05) is 179 Å². The van der Waals surface area contributed by atoms with E-state index >= 15 is 0 Å². The van der Waals surface area contributed by atoms with Crippen LogP contribution in [0.2, 0.25) is 0 Å². The van der Waals surface area contributed by atoms with Gasteiger partial charge in [0.1, 0.15) is 0 Å². The quantitative estimate of drug-likeness (QED) is 0.173. The van der Waals surface area contributed by atoms with Gasteiger partial charge in [0.2, 0.25) is 0 Å². The molecule has 0 saturated carbocycles. The third-order valence-corrected chi connectivity index (χ3v) is 13.1. The Kier molecular flexibility index (Phi) is 7.17. The maximum Gasteiger partial charge on any atom is 0.0719 e. The molecule has 0 aliphatic heterocycles. The molecule has 0 bridgehead atoms. The molecule has 0 atom stereocenters. The summed E-state index contributed by atoms with van der Waals surface area (Å²) in [4.78, 5) is 2.46. The number of rotatable bonds is 5. The molecule has 10 rings (SSSR count). The van der Waals surface area contributed by atoms with Crippen LogP contribution in [0.3, 0.4) is 0 Å². The minimum atomic E-state index is -0.487. The van der Waals surface area contributed by atoms with Crippen molar-refractivity contribution >= 4 is 27.8 Å². The van der Waals surface area contributed by atoms with Gasteiger partial charge in [-0.25, -0.2) is 0 Å². The highest BCUT2D eigenvalue weighted by Gasteiger charge is 2.48. The predicted octanol–water partition coefficient (Wildman–Crippen LogP) is 13.9. The van der Waals surface area contributed by atoms with Crippen molar-refractivity contribution in [3.05, 3.63) is 221 Å². The van der Waals surface area contributed by atoms with Crippen molar-refractivity contribution in [3.63, 3.8) is 0 Å². The second-order valence-corrected chi connectivity index (χ2v) is 16.1. The third-order valence-electron chi connectivity index (χ3n) is 13.1. The normalized spacial score (nSPS) is 15.5. The maximum atomic E-state index is 2.47. The molecule has 2 aliphatic rings. The fraction of sp³-hybridized carbons (Fsp3) is 0.132. The Bertz CT molecular complexity index is 2660. The molecular weight excluding hydrogens is 651 g/mol. The van der Waals surface area contributed by atoms with Crippen LogP contribution in [0.25, 0.3) is 33.0 Å². The average Bonchev–Trinajstić information content (AvgIpc) is 3.53. The van der Waals surface area contributed by atoms with Crippen LogP contribution in [0.1, 0.15) is 61.1 Å². The Morgan fingerprint density at radius 3 is 1.48 bits per heavy atom. The molecule has 1 nitrogen and oxygen atoms in total. The lowest BCUT2D eigenvalue weighted by Crippen LogP contribution is -2.43. The van der Waals surface area contributed by atoms with Crippen LogP contribution in [-0.2, 0) is 16.2 Å². The van der Waals surface area contributed by atoms with E-state index in [-0.39, 0.29) is 10.8 Å². The molecule has 260 valence electrons. The average molecular weight is 694 g/mol. The van der Waals surface area contributed by atoms with Gasteiger partial charge >= 0.3 is 0 Å². The van der Waals surface area contributed by atoms with Crippen molar-refractivity contribution in [1.82, 2.24) is 0 Å². The van der Waals surface area contributed by atoms with E-state index in [9.17, 15) is 0 Å². The van der Waals surface area contributed by atoms with Crippen LogP contribution in [0.15, 0.2) is 188 Å². The van der Waals surface area contributed by atoms with Gasteiger partial charge in [-0.05, 0) is 114 Å². The van der Waals surface area contributed by atoms with Crippen LogP contribution >= 0.6 is 0 Å². The van der Waals surface area contributed by atoms with Gasteiger partial charge in [0.05, 0.1) is 5.41 Å². The molecule has 0 fully saturated rings. The van der Waals surface area contributed by atoms with Gasteiger partial charge < -0.3 is 4.90 Å². The van der Waals surface area contributed by atoms with Crippen molar-refractivity contribution < 1.29 is 0 Å². The molecule has 1 heteroatoms. The second-order valence-electron chi connectivity index (χ2n) is 16.1. The zero-order chi connectivity index (χ0) is 36.7. The molecule has 0 amide bonds. The molecule has 8 aromatic carbocycles. The first-order valence-electron chi connectivity index (χ1n) is 19.2. The Morgan fingerprint density at radius 2 is 0.815 bits per heavy atom. The Balaban J connectivity index is 1.25. The van der Waals surface area contributed by atoms with Gasteiger partial charge in [-0.2, -0.15) is 0 Å². The minimum absolute atomic E-state index is 0.0521. The van der Waals surface area contributed by atoms with E-state index in [2.05, 4.69) is 221 Å². The van der Waals surface area contributed by atoms with Crippen molar-refractivity contribution in [1.29, 1.82) is 0 Å². The van der Waals surface area contributed by atoms with Crippen molar-refractivity contribution in [2.24, 2.45) is 0 Å². The first-order valence-corrected chi connectivity index (χ1v) is 19.2. The molecule has 0 spiro atoms. The van der Waals surface area contributed by atoms with E-state index in [0.717, 1.165) is 17.1 Å². The summed E-state index contributed by atoms with van der Waals surface area (Å²) in [6.45, 7) is 9.65. The number of fused-ring (bicyclic) bond motifs is 8. The first-order chi connectivity index (χ1) is 26.3. The summed E-state index contributed by atoms with van der Waals surface area (Å²) in [5, 5.41) is 2.50. The fourth-order valence-corrected chi connectivity index (χ4v) is 9.78. The summed E-state index contributed by atoms with van der Waals surface area (Å²) in [5.74, 6) is 0. The number of benzene rings is 8. The molecule has 0 unspecified atom stereocenters. The van der Waals surface area contributed by atoms with Gasteiger partial charge in [-0.15, -0.1) is 0 Å². The molecule has 0 radical (unpaired) electrons. The predicted molar refractivity (Wildman–Crippen MR) is 227 cm³/mol. The highest BCUT2D eigenvalue weighted by molar-refractivity contribution is 6.02. The molecule has 0 N–H and O–H groups in total. The smallest absolute Gasteiger partial charge is 0.0719 e. The first kappa shape index (κ1) is 32.5. The SMILES string of the molecule is CC1(C)c2ccccc2-c2ccc(N(c3ccccc3)c3ccc4ccc5c(c4c3)C(c3ccccc3)(c3ccccc3)c3ccccc3-5)cc2C1(C)C. The van der Waals surface area contributed by atoms with Gasteiger partial charge in [-0.3, -0.25) is 0 Å². The molecule has 0 heterocycles. The summed E-state index contributed by atoms with van der Waals surface area (Å²) >= 11 is 0. The Morgan fingerprint density at radius 1 is 0.352 bits per heavy atom. The summed E-state index contributed by atoms with van der Waals surface area (Å²) in [5.41, 5.74) is 16.1. The zero-order valence-corrected chi connectivity index (χ0v) is 31.3. The molecule has 2 aliphatic carbocycles. The third kappa shape index (κ3) is 4.45. The number of para-hydroxylation sites is 1. The summed E-state index contributed by atoms with van der Waals surface area (Å²) < 4.78 is 0. The van der Waals surface area contributed by atoms with E-state index in [1.54, 1.807) is 0 Å². The fourth-order valence-electron chi connectivity index (χ4n) is 9.78. The maximum absolute atomic E-state index is 2.47. The highest BCUT2D eigenvalue weighted by atomic mass is 15.1. The van der Waals surface area contributed by atoms with Crippen molar-refractivity contribution in [3.8, 4) is 22.3 Å². The van der Waals surface area contributed by atoms with Crippen molar-refractivity contribution in [2.45, 2.75) is 43.9 Å². The van der Waals surface area contributed by atoms with Crippen LogP contribution in [0.5, 0.6) is 0 Å². The van der Waals surface area contributed by atoms with E-state index in [1.807, 2.05) is 0 Å². The van der Waals surface area contributed by atoms with Gasteiger partial charge in [0, 0.05) is 17.1 Å². The topological polar surface area (TPSA) is 3.24 Å². The van der Waals surface area contributed by atoms with E-state index in [1.165, 1.54) is 66.4 Å². The molecule has 54 heavy (non-hydrogen) atoms. The summed E-state index contributed by atoms with van der Waals surface area (Å²) in [6, 6.07) is 70.0. The second kappa shape index (κ2) is 11.9. The number of hydrogen-bond donors (Lipinski definition) is 0. The van der Waals surface area contributed by atoms with E-state index in [4.69, 9.17) is 0 Å². The lowest BCUT2D eigenvalue weighted by Gasteiger charge is -2.48. The summed E-state index contributed by atoms with van der Waals surface area (Å²) in [6.07, 6.45) is 0. The molecular formula is C53H43N. The molecule has 8 aromatic rings. The lowest BCUT2D eigenvalue weighted by atomic mass is 9.55. The number of anilines is 3. The number of hydrogen-bond acceptors (Lipinski definition) is 1. The van der Waals surface area contributed by atoms with Crippen LogP contribution in [-0.4, -0.2) is 0 Å². The number of nitrogens with zero attached hydrogens (tertiary/aromatic N) is 1. The van der Waals surface area contributed by atoms with Crippen LogP contribution in [0.4, 0.5) is 17.1 Å². The summed E-state index contributed by atoms with van der Waals surface area (Å²) in [7, 11) is 0. The molecule has 0 aromatic heterocycles. The lowest BCUT2D eigenvalue weighted by molar-refractivity contribution is 0.299. The van der Waals surface area contributed by atoms with Gasteiger partial charge in [0.25, 0.3) is 0 Å². The van der Waals surface area contributed by atoms with Crippen LogP contribution in [0, 0.1) is 0 Å². The van der Waals surface area contributed by atoms with Crippen LogP contribution < -0.4 is 4.90 Å². The Hall–Kier alpha value is -6.18. The molecule has 0 saturated heterocycles. The standard InChI is InChI=1S/C53H43N/c1-51(2)47-26-16-14-24-42(47)44-33-31-41(35-49(44)52(51,3)4)54(39-22-12-7-13-23-39)40-30-28-36-29-32-45-43-25-15-17-27-48(43)53(50(45)46(36)34-40,37-18-8-5-9-19-37)38-20-10-6-11-21-38/h5-35H,1-4H3. The largest absolute Gasteiger partial charge is 0.310 e. The monoisotopic (exact) mass is 693 g/mol. The van der Waals surface area contributed by atoms with Crippen molar-refractivity contribution in [2.75, 3.05) is 4.90 Å². The Labute approximate surface area is 319 Å². The minimum Gasteiger partial charge on any atom is -0.310 e. The highest BCUT2D eigenvalue weighted by Crippen LogP contribution is 2.59. The van der Waals surface area contributed by atoms with Gasteiger partial charge in [0.15, 0.2) is 0 Å². The zero-order valence-electron chi connectivity index (χ0n) is 31.3. The van der Waals surface area contributed by atoms with E-state index < -0.39 is 5.41 Å². The van der Waals surface area contributed by atoms with E-state index in [0.29, 0.717) is 0 Å².